The molecule has 0 aliphatic rings. The number of nitrogens with one attached hydrogen (secondary N) is 1. The van der Waals surface area contributed by atoms with Crippen LogP contribution in [0.2, 0.25) is 0 Å². The number of nitro benzene ring substituents is 1. The third-order valence-electron chi connectivity index (χ3n) is 5.58. The SMILES string of the molecule is Cn1c(-c2cccc([N+](=O)[O-])c2)cnc1NCc1cc(C(C)(C)C)c(O)c(C(C)(C)C)c1. The number of aromatic nitrogens is 2. The van der Waals surface area contributed by atoms with Gasteiger partial charge in [0.15, 0.2) is 0 Å². The Hall–Kier alpha value is -3.35. The topological polar surface area (TPSA) is 93.2 Å². The average Bonchev–Trinajstić information content (AvgIpc) is 3.06. The van der Waals surface area contributed by atoms with Gasteiger partial charge in [-0.05, 0) is 39.7 Å². The number of hydrogen-bond donors (Lipinski definition) is 2. The van der Waals surface area contributed by atoms with Crippen LogP contribution in [0.4, 0.5) is 11.6 Å². The minimum atomic E-state index is -0.399. The fourth-order valence-electron chi connectivity index (χ4n) is 3.74. The Labute approximate surface area is 189 Å². The van der Waals surface area contributed by atoms with E-state index in [0.29, 0.717) is 18.2 Å². The number of imidazole rings is 1. The summed E-state index contributed by atoms with van der Waals surface area (Å²) >= 11 is 0. The fourth-order valence-corrected chi connectivity index (χ4v) is 3.74. The monoisotopic (exact) mass is 436 g/mol. The maximum absolute atomic E-state index is 11.1. The Kier molecular flexibility index (Phi) is 6.05. The number of benzene rings is 2. The van der Waals surface area contributed by atoms with Crippen LogP contribution in [-0.4, -0.2) is 19.6 Å². The van der Waals surface area contributed by atoms with Gasteiger partial charge in [-0.3, -0.25) is 10.1 Å². The van der Waals surface area contributed by atoms with Crippen LogP contribution in [-0.2, 0) is 24.4 Å². The van der Waals surface area contributed by atoms with E-state index >= 15 is 0 Å². The zero-order valence-corrected chi connectivity index (χ0v) is 19.9. The average molecular weight is 437 g/mol. The van der Waals surface area contributed by atoms with Crippen LogP contribution in [0.5, 0.6) is 5.75 Å². The maximum Gasteiger partial charge on any atom is 0.270 e. The first-order valence-electron chi connectivity index (χ1n) is 10.7. The second-order valence-corrected chi connectivity index (χ2v) is 10.2. The van der Waals surface area contributed by atoms with Crippen molar-refractivity contribution in [3.8, 4) is 17.0 Å². The summed E-state index contributed by atoms with van der Waals surface area (Å²) in [5, 5.41) is 25.4. The lowest BCUT2D eigenvalue weighted by Gasteiger charge is -2.28. The highest BCUT2D eigenvalue weighted by Gasteiger charge is 2.26. The Morgan fingerprint density at radius 3 is 2.19 bits per heavy atom. The van der Waals surface area contributed by atoms with Gasteiger partial charge in [0.2, 0.25) is 5.95 Å². The van der Waals surface area contributed by atoms with E-state index in [1.54, 1.807) is 18.3 Å². The van der Waals surface area contributed by atoms with Crippen molar-refractivity contribution in [3.63, 3.8) is 0 Å². The van der Waals surface area contributed by atoms with E-state index in [9.17, 15) is 15.2 Å². The predicted molar refractivity (Wildman–Crippen MR) is 128 cm³/mol. The standard InChI is InChI=1S/C25H32N4O3/c1-24(2,3)19-11-16(12-20(22(19)30)25(4,5)6)14-26-23-27-15-21(28(23)7)17-9-8-10-18(13-17)29(31)32/h8-13,15,30H,14H2,1-7H3,(H,26,27). The lowest BCUT2D eigenvalue weighted by atomic mass is 9.78. The highest BCUT2D eigenvalue weighted by atomic mass is 16.6. The summed E-state index contributed by atoms with van der Waals surface area (Å²) in [6.07, 6.45) is 1.71. The third kappa shape index (κ3) is 4.77. The number of rotatable bonds is 5. The highest BCUT2D eigenvalue weighted by Crippen LogP contribution is 2.40. The summed E-state index contributed by atoms with van der Waals surface area (Å²) in [7, 11) is 1.88. The number of anilines is 1. The molecule has 0 unspecified atom stereocenters. The molecule has 0 aliphatic heterocycles. The van der Waals surface area contributed by atoms with Crippen molar-refractivity contribution in [3.05, 3.63) is 69.4 Å². The van der Waals surface area contributed by atoms with Crippen LogP contribution in [0.15, 0.2) is 42.6 Å². The van der Waals surface area contributed by atoms with Crippen molar-refractivity contribution in [2.45, 2.75) is 58.9 Å². The molecule has 0 radical (unpaired) electrons. The quantitative estimate of drug-likeness (QED) is 0.383. The zero-order valence-electron chi connectivity index (χ0n) is 19.9. The van der Waals surface area contributed by atoms with Gasteiger partial charge in [0.05, 0.1) is 16.8 Å². The van der Waals surface area contributed by atoms with E-state index in [0.717, 1.165) is 27.9 Å². The molecule has 1 aromatic heterocycles. The molecule has 0 aliphatic carbocycles. The van der Waals surface area contributed by atoms with Crippen LogP contribution >= 0.6 is 0 Å². The molecule has 3 aromatic rings. The van der Waals surface area contributed by atoms with Crippen LogP contribution < -0.4 is 5.32 Å². The molecule has 0 bridgehead atoms. The molecule has 2 aromatic carbocycles. The van der Waals surface area contributed by atoms with Crippen molar-refractivity contribution in [1.29, 1.82) is 0 Å². The summed E-state index contributed by atoms with van der Waals surface area (Å²) in [6, 6.07) is 10.6. The van der Waals surface area contributed by atoms with Crippen LogP contribution in [0.25, 0.3) is 11.3 Å². The van der Waals surface area contributed by atoms with Gasteiger partial charge in [-0.25, -0.2) is 4.98 Å². The molecule has 0 atom stereocenters. The third-order valence-corrected chi connectivity index (χ3v) is 5.58. The van der Waals surface area contributed by atoms with Crippen molar-refractivity contribution in [2.75, 3.05) is 5.32 Å². The largest absolute Gasteiger partial charge is 0.507 e. The van der Waals surface area contributed by atoms with Gasteiger partial charge >= 0.3 is 0 Å². The van der Waals surface area contributed by atoms with Crippen LogP contribution in [0.1, 0.15) is 58.2 Å². The minimum absolute atomic E-state index is 0.0479. The Morgan fingerprint density at radius 1 is 1.06 bits per heavy atom. The van der Waals surface area contributed by atoms with Crippen molar-refractivity contribution < 1.29 is 10.0 Å². The number of phenols is 1. The molecule has 0 fully saturated rings. The Morgan fingerprint density at radius 2 is 1.66 bits per heavy atom. The predicted octanol–water partition coefficient (Wildman–Crippen LogP) is 5.91. The second-order valence-electron chi connectivity index (χ2n) is 10.2. The molecule has 170 valence electrons. The van der Waals surface area contributed by atoms with Gasteiger partial charge in [-0.1, -0.05) is 53.7 Å². The van der Waals surface area contributed by atoms with Gasteiger partial charge in [0.1, 0.15) is 5.75 Å². The molecule has 0 saturated heterocycles. The van der Waals surface area contributed by atoms with E-state index in [1.807, 2.05) is 29.8 Å². The number of non-ortho nitro benzene ring substituents is 1. The zero-order chi connectivity index (χ0) is 23.8. The molecule has 2 N–H and O–H groups in total. The summed E-state index contributed by atoms with van der Waals surface area (Å²) in [5.41, 5.74) is 4.06. The summed E-state index contributed by atoms with van der Waals surface area (Å²) in [6.45, 7) is 13.1. The summed E-state index contributed by atoms with van der Waals surface area (Å²) in [4.78, 5) is 15.2. The number of aromatic hydroxyl groups is 1. The van der Waals surface area contributed by atoms with Crippen molar-refractivity contribution in [2.24, 2.45) is 7.05 Å². The van der Waals surface area contributed by atoms with Gasteiger partial charge in [-0.15, -0.1) is 0 Å². The number of hydrogen-bond acceptors (Lipinski definition) is 5. The number of phenolic OH excluding ortho intramolecular Hbond substituents is 1. The summed E-state index contributed by atoms with van der Waals surface area (Å²) < 4.78 is 1.88. The van der Waals surface area contributed by atoms with Gasteiger partial charge in [0.25, 0.3) is 5.69 Å². The smallest absolute Gasteiger partial charge is 0.270 e. The van der Waals surface area contributed by atoms with Gasteiger partial charge < -0.3 is 15.0 Å². The first kappa shape index (κ1) is 23.3. The van der Waals surface area contributed by atoms with Crippen LogP contribution in [0.3, 0.4) is 0 Å². The molecule has 32 heavy (non-hydrogen) atoms. The number of nitrogens with zero attached hydrogens (tertiary/aromatic N) is 3. The molecule has 3 rings (SSSR count). The van der Waals surface area contributed by atoms with E-state index in [1.165, 1.54) is 6.07 Å². The number of nitro groups is 1. The van der Waals surface area contributed by atoms with E-state index < -0.39 is 4.92 Å². The molecule has 0 amide bonds. The highest BCUT2D eigenvalue weighted by molar-refractivity contribution is 5.64. The Bertz CT molecular complexity index is 1120. The second kappa shape index (κ2) is 8.30. The van der Waals surface area contributed by atoms with E-state index in [2.05, 4.69) is 51.8 Å². The summed E-state index contributed by atoms with van der Waals surface area (Å²) in [5.74, 6) is 1.02. The molecule has 0 saturated carbocycles. The fraction of sp³-hybridized carbons (Fsp3) is 0.400. The lowest BCUT2D eigenvalue weighted by Crippen LogP contribution is -2.18. The van der Waals surface area contributed by atoms with Crippen molar-refractivity contribution in [1.82, 2.24) is 9.55 Å². The van der Waals surface area contributed by atoms with E-state index in [-0.39, 0.29) is 16.5 Å². The first-order chi connectivity index (χ1) is 14.8. The van der Waals surface area contributed by atoms with Crippen LogP contribution in [0, 0.1) is 10.1 Å². The molecular weight excluding hydrogens is 404 g/mol. The first-order valence-corrected chi connectivity index (χ1v) is 10.7. The molecular formula is C25H32N4O3. The van der Waals surface area contributed by atoms with E-state index in [4.69, 9.17) is 0 Å². The normalized spacial score (nSPS) is 12.1. The van der Waals surface area contributed by atoms with Gasteiger partial charge in [-0.2, -0.15) is 0 Å². The van der Waals surface area contributed by atoms with Gasteiger partial charge in [0, 0.05) is 31.3 Å². The molecule has 7 heteroatoms. The maximum atomic E-state index is 11.1. The minimum Gasteiger partial charge on any atom is -0.507 e. The Balaban J connectivity index is 1.91. The molecule has 7 nitrogen and oxygen atoms in total. The lowest BCUT2D eigenvalue weighted by molar-refractivity contribution is -0.384. The van der Waals surface area contributed by atoms with Crippen molar-refractivity contribution >= 4 is 11.6 Å². The molecule has 0 spiro atoms. The molecule has 1 heterocycles.